The Morgan fingerprint density at radius 2 is 1.65 bits per heavy atom. The van der Waals surface area contributed by atoms with Crippen molar-refractivity contribution in [2.75, 3.05) is 6.61 Å². The van der Waals surface area contributed by atoms with Crippen LogP contribution in [0.15, 0.2) is 48.5 Å². The van der Waals surface area contributed by atoms with E-state index >= 15 is 0 Å². The average molecular weight is 349 g/mol. The summed E-state index contributed by atoms with van der Waals surface area (Å²) in [7, 11) is 0. The van der Waals surface area contributed by atoms with Crippen LogP contribution in [-0.4, -0.2) is 35.0 Å². The number of hydrogen-bond acceptors (Lipinski definition) is 3. The van der Waals surface area contributed by atoms with Crippen molar-refractivity contribution in [2.24, 2.45) is 0 Å². The summed E-state index contributed by atoms with van der Waals surface area (Å²) in [5.74, 6) is -0.584. The number of amides is 1. The number of benzene rings is 2. The van der Waals surface area contributed by atoms with Crippen LogP contribution in [0.3, 0.4) is 0 Å². The first kappa shape index (κ1) is 17.6. The van der Waals surface area contributed by atoms with E-state index in [0.717, 1.165) is 28.5 Å². The summed E-state index contributed by atoms with van der Waals surface area (Å²) in [6, 6.07) is 16.1. The summed E-state index contributed by atoms with van der Waals surface area (Å²) in [6.07, 6.45) is 0.0561. The van der Waals surface area contributed by atoms with Crippen LogP contribution in [-0.2, 0) is 9.53 Å². The molecule has 0 radical (unpaired) electrons. The van der Waals surface area contributed by atoms with Crippen molar-refractivity contribution in [1.29, 1.82) is 0 Å². The number of carbonyl (C=O) groups is 2. The first-order chi connectivity index (χ1) is 12.4. The van der Waals surface area contributed by atoms with Gasteiger partial charge in [-0.15, -0.1) is 0 Å². The molecule has 0 saturated carbocycles. The normalized spacial score (nSPS) is 12.5. The molecule has 132 valence electrons. The Labute approximate surface area is 151 Å². The molecule has 6 nitrogen and oxygen atoms in total. The smallest absolute Gasteiger partial charge is 0.407 e. The van der Waals surface area contributed by atoms with Gasteiger partial charge >= 0.3 is 12.3 Å². The van der Waals surface area contributed by atoms with E-state index in [-0.39, 0.29) is 12.5 Å². The van der Waals surface area contributed by atoms with Gasteiger partial charge in [-0.25, -0.2) is 4.79 Å². The standard InChI is InChI=1S/C20H19N3O3/c1-20(2,18(24)11-22-21)23-19(25)26-12-17-15-9-5-3-7-13(15)14-8-4-6-10-16(14)17/h3-11,17H,12H2,1-2H3,(H,23,25). The molecule has 0 heterocycles. The topological polar surface area (TPSA) is 91.8 Å². The summed E-state index contributed by atoms with van der Waals surface area (Å²) < 4.78 is 5.39. The maximum absolute atomic E-state index is 12.2. The van der Waals surface area contributed by atoms with Gasteiger partial charge in [-0.3, -0.25) is 4.79 Å². The van der Waals surface area contributed by atoms with Gasteiger partial charge in [-0.2, -0.15) is 4.79 Å². The van der Waals surface area contributed by atoms with Crippen molar-refractivity contribution >= 4 is 18.1 Å². The van der Waals surface area contributed by atoms with Crippen molar-refractivity contribution in [2.45, 2.75) is 25.3 Å². The van der Waals surface area contributed by atoms with Gasteiger partial charge in [0.15, 0.2) is 0 Å². The molecule has 0 bridgehead atoms. The number of nitrogens with zero attached hydrogens (tertiary/aromatic N) is 2. The summed E-state index contributed by atoms with van der Waals surface area (Å²) in [4.78, 5) is 26.7. The second-order valence-corrected chi connectivity index (χ2v) is 6.68. The molecular weight excluding hydrogens is 330 g/mol. The predicted octanol–water partition coefficient (Wildman–Crippen LogP) is 3.17. The van der Waals surface area contributed by atoms with Gasteiger partial charge in [0.2, 0.25) is 0 Å². The Hall–Kier alpha value is -3.24. The highest BCUT2D eigenvalue weighted by Gasteiger charge is 2.33. The van der Waals surface area contributed by atoms with Crippen LogP contribution in [0.5, 0.6) is 0 Å². The minimum Gasteiger partial charge on any atom is -0.449 e. The fourth-order valence-electron chi connectivity index (χ4n) is 3.17. The van der Waals surface area contributed by atoms with Crippen molar-refractivity contribution in [3.05, 3.63) is 65.2 Å². The molecule has 0 aromatic heterocycles. The zero-order chi connectivity index (χ0) is 18.7. The van der Waals surface area contributed by atoms with Crippen LogP contribution in [0.25, 0.3) is 16.7 Å². The SMILES string of the molecule is CC(C)(NC(=O)OCC1c2ccccc2-c2ccccc21)C(=O)C=[N+]=[N-]. The average Bonchev–Trinajstić information content (AvgIpc) is 2.94. The Morgan fingerprint density at radius 1 is 1.12 bits per heavy atom. The summed E-state index contributed by atoms with van der Waals surface area (Å²) in [6.45, 7) is 3.19. The molecule has 26 heavy (non-hydrogen) atoms. The molecule has 0 atom stereocenters. The number of Topliss-reactive ketones (excluding diaryl/α,β-unsaturated/α-hetero) is 1. The number of hydrogen-bond donors (Lipinski definition) is 1. The molecule has 1 aliphatic rings. The highest BCUT2D eigenvalue weighted by atomic mass is 16.5. The second kappa shape index (κ2) is 6.94. The first-order valence-electron chi connectivity index (χ1n) is 8.29. The van der Waals surface area contributed by atoms with Crippen molar-refractivity contribution in [1.82, 2.24) is 5.32 Å². The number of ether oxygens (including phenoxy) is 1. The lowest BCUT2D eigenvalue weighted by atomic mass is 9.98. The largest absolute Gasteiger partial charge is 0.449 e. The van der Waals surface area contributed by atoms with E-state index in [1.165, 1.54) is 13.8 Å². The predicted molar refractivity (Wildman–Crippen MR) is 97.0 cm³/mol. The van der Waals surface area contributed by atoms with Crippen LogP contribution in [0.2, 0.25) is 0 Å². The minimum atomic E-state index is -1.23. The molecular formula is C20H19N3O3. The van der Waals surface area contributed by atoms with Gasteiger partial charge < -0.3 is 15.6 Å². The second-order valence-electron chi connectivity index (χ2n) is 6.68. The molecule has 0 fully saturated rings. The van der Waals surface area contributed by atoms with Crippen molar-refractivity contribution < 1.29 is 19.1 Å². The van der Waals surface area contributed by atoms with Crippen LogP contribution < -0.4 is 5.32 Å². The van der Waals surface area contributed by atoms with Gasteiger partial charge in [-0.05, 0) is 36.1 Å². The Morgan fingerprint density at radius 3 is 2.19 bits per heavy atom. The molecule has 0 saturated heterocycles. The van der Waals surface area contributed by atoms with Gasteiger partial charge in [0.1, 0.15) is 12.1 Å². The quantitative estimate of drug-likeness (QED) is 0.510. The highest BCUT2D eigenvalue weighted by molar-refractivity contribution is 6.29. The van der Waals surface area contributed by atoms with E-state index in [4.69, 9.17) is 10.3 Å². The molecule has 1 amide bonds. The van der Waals surface area contributed by atoms with Gasteiger partial charge in [-0.1, -0.05) is 48.5 Å². The van der Waals surface area contributed by atoms with Crippen LogP contribution in [0.1, 0.15) is 30.9 Å². The van der Waals surface area contributed by atoms with Gasteiger partial charge in [0, 0.05) is 5.92 Å². The molecule has 2 aromatic rings. The molecule has 0 unspecified atom stereocenters. The monoisotopic (exact) mass is 349 g/mol. The molecule has 1 N–H and O–H groups in total. The molecule has 2 aromatic carbocycles. The highest BCUT2D eigenvalue weighted by Crippen LogP contribution is 2.44. The van der Waals surface area contributed by atoms with Crippen molar-refractivity contribution in [3.63, 3.8) is 0 Å². The van der Waals surface area contributed by atoms with E-state index in [2.05, 4.69) is 22.2 Å². The fourth-order valence-corrected chi connectivity index (χ4v) is 3.17. The lowest BCUT2D eigenvalue weighted by Crippen LogP contribution is -2.50. The minimum absolute atomic E-state index is 0.0500. The van der Waals surface area contributed by atoms with Gasteiger partial charge in [0.25, 0.3) is 5.78 Å². The van der Waals surface area contributed by atoms with E-state index < -0.39 is 17.4 Å². The molecule has 0 spiro atoms. The Kier molecular flexibility index (Phi) is 4.69. The third-order valence-corrected chi connectivity index (χ3v) is 4.55. The Balaban J connectivity index is 1.73. The zero-order valence-electron chi connectivity index (χ0n) is 14.6. The first-order valence-corrected chi connectivity index (χ1v) is 8.29. The molecule has 1 aliphatic carbocycles. The number of carbonyl (C=O) groups excluding carboxylic acids is 2. The lowest BCUT2D eigenvalue weighted by Gasteiger charge is -2.22. The summed E-state index contributed by atoms with van der Waals surface area (Å²) in [5, 5.41) is 2.50. The van der Waals surface area contributed by atoms with E-state index in [0.29, 0.717) is 0 Å². The number of alkyl carbamates (subject to hydrolysis) is 1. The van der Waals surface area contributed by atoms with Crippen LogP contribution in [0.4, 0.5) is 4.79 Å². The number of nitrogens with one attached hydrogen (secondary N) is 1. The third-order valence-electron chi connectivity index (χ3n) is 4.55. The number of ketones is 1. The van der Waals surface area contributed by atoms with E-state index in [9.17, 15) is 9.59 Å². The van der Waals surface area contributed by atoms with E-state index in [1.54, 1.807) is 0 Å². The number of fused-ring (bicyclic) bond motifs is 3. The van der Waals surface area contributed by atoms with Crippen molar-refractivity contribution in [3.8, 4) is 11.1 Å². The number of rotatable bonds is 5. The Bertz CT molecular complexity index is 869. The van der Waals surface area contributed by atoms with Crippen LogP contribution >= 0.6 is 0 Å². The van der Waals surface area contributed by atoms with E-state index in [1.807, 2.05) is 36.4 Å². The maximum atomic E-state index is 12.2. The van der Waals surface area contributed by atoms with Gasteiger partial charge in [0.05, 0.1) is 0 Å². The lowest BCUT2D eigenvalue weighted by molar-refractivity contribution is -0.120. The fraction of sp³-hybridized carbons (Fsp3) is 0.250. The molecule has 3 rings (SSSR count). The summed E-state index contributed by atoms with van der Waals surface area (Å²) >= 11 is 0. The third kappa shape index (κ3) is 3.27. The van der Waals surface area contributed by atoms with Crippen LogP contribution in [0, 0.1) is 0 Å². The summed E-state index contributed by atoms with van der Waals surface area (Å²) in [5.41, 5.74) is 11.8. The zero-order valence-corrected chi connectivity index (χ0v) is 14.6. The molecule has 6 heteroatoms. The maximum Gasteiger partial charge on any atom is 0.407 e. The molecule has 0 aliphatic heterocycles.